The molecule has 1 nitrogen and oxygen atoms in total. The van der Waals surface area contributed by atoms with E-state index in [2.05, 4.69) is 33.8 Å². The fourth-order valence-electron chi connectivity index (χ4n) is 1.58. The third-order valence-corrected chi connectivity index (χ3v) is 2.65. The molecule has 0 amide bonds. The van der Waals surface area contributed by atoms with E-state index in [-0.39, 0.29) is 5.41 Å². The lowest BCUT2D eigenvalue weighted by atomic mass is 9.73. The monoisotopic (exact) mass is 153 g/mol. The molecule has 0 heterocycles. The average molecular weight is 153 g/mol. The van der Waals surface area contributed by atoms with Crippen molar-refractivity contribution in [3.8, 4) is 6.07 Å². The normalized spacial score (nSPS) is 16.0. The van der Waals surface area contributed by atoms with Crippen LogP contribution in [-0.4, -0.2) is 0 Å². The summed E-state index contributed by atoms with van der Waals surface area (Å²) in [6.45, 7) is 8.54. The zero-order valence-corrected chi connectivity index (χ0v) is 8.15. The number of rotatable bonds is 4. The lowest BCUT2D eigenvalue weighted by Crippen LogP contribution is -2.24. The number of nitriles is 1. The van der Waals surface area contributed by atoms with Crippen molar-refractivity contribution in [2.45, 2.75) is 47.0 Å². The van der Waals surface area contributed by atoms with Crippen molar-refractivity contribution < 1.29 is 0 Å². The molecule has 0 aromatic heterocycles. The highest BCUT2D eigenvalue weighted by molar-refractivity contribution is 4.99. The minimum Gasteiger partial charge on any atom is -0.198 e. The molecule has 0 aliphatic heterocycles. The summed E-state index contributed by atoms with van der Waals surface area (Å²) in [6.07, 6.45) is 3.13. The molecule has 11 heavy (non-hydrogen) atoms. The Hall–Kier alpha value is -0.510. The molecular weight excluding hydrogens is 134 g/mol. The molecule has 0 fully saturated rings. The maximum Gasteiger partial charge on any atom is 0.0692 e. The molecule has 0 bridgehead atoms. The van der Waals surface area contributed by atoms with E-state index in [9.17, 15) is 0 Å². The standard InChI is InChI=1S/C10H19N/c1-5-7-10(6-2,8-11)9(3)4/h9H,5-7H2,1-4H3. The van der Waals surface area contributed by atoms with Gasteiger partial charge < -0.3 is 0 Å². The van der Waals surface area contributed by atoms with Gasteiger partial charge in [0.1, 0.15) is 0 Å². The average Bonchev–Trinajstić information content (AvgIpc) is 2.00. The first kappa shape index (κ1) is 10.5. The zero-order valence-electron chi connectivity index (χ0n) is 8.15. The molecule has 0 rings (SSSR count). The van der Waals surface area contributed by atoms with Crippen LogP contribution in [0.5, 0.6) is 0 Å². The molecule has 64 valence electrons. The van der Waals surface area contributed by atoms with Crippen LogP contribution in [0.15, 0.2) is 0 Å². The van der Waals surface area contributed by atoms with Crippen LogP contribution in [0.25, 0.3) is 0 Å². The van der Waals surface area contributed by atoms with Crippen LogP contribution < -0.4 is 0 Å². The minimum absolute atomic E-state index is 0.0608. The lowest BCUT2D eigenvalue weighted by Gasteiger charge is -2.28. The van der Waals surface area contributed by atoms with Crippen LogP contribution in [0.1, 0.15) is 47.0 Å². The summed E-state index contributed by atoms with van der Waals surface area (Å²) in [5, 5.41) is 9.03. The molecule has 0 radical (unpaired) electrons. The van der Waals surface area contributed by atoms with E-state index in [0.717, 1.165) is 19.3 Å². The van der Waals surface area contributed by atoms with E-state index < -0.39 is 0 Å². The molecular formula is C10H19N. The quantitative estimate of drug-likeness (QED) is 0.607. The van der Waals surface area contributed by atoms with Crippen LogP contribution >= 0.6 is 0 Å². The minimum atomic E-state index is -0.0608. The predicted molar refractivity (Wildman–Crippen MR) is 48.1 cm³/mol. The van der Waals surface area contributed by atoms with Crippen LogP contribution in [0.4, 0.5) is 0 Å². The largest absolute Gasteiger partial charge is 0.198 e. The molecule has 0 saturated heterocycles. The van der Waals surface area contributed by atoms with Gasteiger partial charge in [-0.05, 0) is 18.8 Å². The third kappa shape index (κ3) is 2.22. The van der Waals surface area contributed by atoms with Crippen molar-refractivity contribution in [1.82, 2.24) is 0 Å². The Kier molecular flexibility index (Phi) is 4.18. The fourth-order valence-corrected chi connectivity index (χ4v) is 1.58. The molecule has 0 aromatic carbocycles. The molecule has 1 atom stereocenters. The van der Waals surface area contributed by atoms with E-state index in [0.29, 0.717) is 5.92 Å². The zero-order chi connectivity index (χ0) is 8.91. The second kappa shape index (κ2) is 4.38. The van der Waals surface area contributed by atoms with Crippen molar-refractivity contribution in [2.75, 3.05) is 0 Å². The summed E-state index contributed by atoms with van der Waals surface area (Å²) in [6, 6.07) is 2.47. The second-order valence-corrected chi connectivity index (χ2v) is 3.53. The van der Waals surface area contributed by atoms with Gasteiger partial charge in [-0.2, -0.15) is 5.26 Å². The Morgan fingerprint density at radius 3 is 2.00 bits per heavy atom. The molecule has 1 heteroatoms. The highest BCUT2D eigenvalue weighted by atomic mass is 14.4. The van der Waals surface area contributed by atoms with Crippen molar-refractivity contribution in [2.24, 2.45) is 11.3 Å². The summed E-state index contributed by atoms with van der Waals surface area (Å²) in [5.41, 5.74) is -0.0608. The van der Waals surface area contributed by atoms with Crippen molar-refractivity contribution in [3.05, 3.63) is 0 Å². The Morgan fingerprint density at radius 1 is 1.36 bits per heavy atom. The first-order valence-corrected chi connectivity index (χ1v) is 4.54. The van der Waals surface area contributed by atoms with Gasteiger partial charge in [0.25, 0.3) is 0 Å². The van der Waals surface area contributed by atoms with Crippen LogP contribution in [0.3, 0.4) is 0 Å². The molecule has 0 saturated carbocycles. The molecule has 0 spiro atoms. The smallest absolute Gasteiger partial charge is 0.0692 e. The molecule has 0 aliphatic carbocycles. The first-order valence-electron chi connectivity index (χ1n) is 4.54. The van der Waals surface area contributed by atoms with Crippen LogP contribution in [0.2, 0.25) is 0 Å². The van der Waals surface area contributed by atoms with Gasteiger partial charge in [-0.15, -0.1) is 0 Å². The van der Waals surface area contributed by atoms with Gasteiger partial charge in [-0.1, -0.05) is 34.1 Å². The Bertz CT molecular complexity index is 143. The van der Waals surface area contributed by atoms with Crippen LogP contribution in [0, 0.1) is 22.7 Å². The Balaban J connectivity index is 4.36. The van der Waals surface area contributed by atoms with Gasteiger partial charge in [0.05, 0.1) is 11.5 Å². The van der Waals surface area contributed by atoms with Gasteiger partial charge in [-0.25, -0.2) is 0 Å². The van der Waals surface area contributed by atoms with E-state index in [4.69, 9.17) is 5.26 Å². The third-order valence-electron chi connectivity index (χ3n) is 2.65. The van der Waals surface area contributed by atoms with Gasteiger partial charge in [0.15, 0.2) is 0 Å². The lowest BCUT2D eigenvalue weighted by molar-refractivity contribution is 0.243. The van der Waals surface area contributed by atoms with Gasteiger partial charge in [0, 0.05) is 0 Å². The van der Waals surface area contributed by atoms with Crippen LogP contribution in [-0.2, 0) is 0 Å². The maximum atomic E-state index is 9.03. The van der Waals surface area contributed by atoms with E-state index in [1.54, 1.807) is 0 Å². The topological polar surface area (TPSA) is 23.8 Å². The van der Waals surface area contributed by atoms with Crippen molar-refractivity contribution >= 4 is 0 Å². The maximum absolute atomic E-state index is 9.03. The number of nitrogens with zero attached hydrogens (tertiary/aromatic N) is 1. The van der Waals surface area contributed by atoms with E-state index >= 15 is 0 Å². The van der Waals surface area contributed by atoms with E-state index in [1.807, 2.05) is 0 Å². The Morgan fingerprint density at radius 2 is 1.91 bits per heavy atom. The molecule has 1 unspecified atom stereocenters. The summed E-state index contributed by atoms with van der Waals surface area (Å²) in [5.74, 6) is 0.484. The molecule has 0 aliphatic rings. The summed E-state index contributed by atoms with van der Waals surface area (Å²) in [4.78, 5) is 0. The fraction of sp³-hybridized carbons (Fsp3) is 0.900. The van der Waals surface area contributed by atoms with Crippen molar-refractivity contribution in [3.63, 3.8) is 0 Å². The molecule has 0 N–H and O–H groups in total. The number of hydrogen-bond acceptors (Lipinski definition) is 1. The highest BCUT2D eigenvalue weighted by Crippen LogP contribution is 2.35. The molecule has 0 aromatic rings. The van der Waals surface area contributed by atoms with E-state index in [1.165, 1.54) is 0 Å². The Labute approximate surface area is 70.4 Å². The summed E-state index contributed by atoms with van der Waals surface area (Å²) in [7, 11) is 0. The highest BCUT2D eigenvalue weighted by Gasteiger charge is 2.30. The predicted octanol–water partition coefficient (Wildman–Crippen LogP) is 3.36. The van der Waals surface area contributed by atoms with Gasteiger partial charge in [-0.3, -0.25) is 0 Å². The second-order valence-electron chi connectivity index (χ2n) is 3.53. The van der Waals surface area contributed by atoms with Crippen molar-refractivity contribution in [1.29, 1.82) is 5.26 Å². The SMILES string of the molecule is CCCC(C#N)(CC)C(C)C. The first-order chi connectivity index (χ1) is 5.13. The summed E-state index contributed by atoms with van der Waals surface area (Å²) < 4.78 is 0. The van der Waals surface area contributed by atoms with Gasteiger partial charge >= 0.3 is 0 Å². The summed E-state index contributed by atoms with van der Waals surface area (Å²) >= 11 is 0. The van der Waals surface area contributed by atoms with Gasteiger partial charge in [0.2, 0.25) is 0 Å². The number of hydrogen-bond donors (Lipinski definition) is 0.